The lowest BCUT2D eigenvalue weighted by molar-refractivity contribution is 0.0598. The SMILES string of the molecule is Cc1cc(C(=O)Nc2cc(C3CCCCN3C(=O)c3cnc4ccccn34)[nH]n2)cc2cn[nH]c12. The molecule has 0 saturated carbocycles. The zero-order chi connectivity index (χ0) is 23.9. The molecule has 10 heteroatoms. The third-order valence-corrected chi connectivity index (χ3v) is 6.61. The van der Waals surface area contributed by atoms with E-state index in [0.29, 0.717) is 23.6 Å². The summed E-state index contributed by atoms with van der Waals surface area (Å²) in [6.45, 7) is 2.58. The molecule has 1 aromatic carbocycles. The molecular weight excluding hydrogens is 444 g/mol. The lowest BCUT2D eigenvalue weighted by Gasteiger charge is -2.34. The van der Waals surface area contributed by atoms with Gasteiger partial charge in [0.2, 0.25) is 0 Å². The molecular formula is C25H24N8O2. The number of nitrogens with zero attached hydrogens (tertiary/aromatic N) is 5. The summed E-state index contributed by atoms with van der Waals surface area (Å²) < 4.78 is 1.81. The first-order chi connectivity index (χ1) is 17.1. The molecule has 3 N–H and O–H groups in total. The Morgan fingerprint density at radius 2 is 2.03 bits per heavy atom. The van der Waals surface area contributed by atoms with E-state index in [1.165, 1.54) is 0 Å². The Hall–Kier alpha value is -4.47. The van der Waals surface area contributed by atoms with Gasteiger partial charge in [-0.15, -0.1) is 0 Å². The minimum absolute atomic E-state index is 0.0718. The fourth-order valence-electron chi connectivity index (χ4n) is 4.86. The van der Waals surface area contributed by atoms with Crippen LogP contribution in [-0.4, -0.2) is 53.0 Å². The number of aromatic amines is 2. The number of rotatable bonds is 4. The number of hydrogen-bond acceptors (Lipinski definition) is 5. The molecule has 2 amide bonds. The van der Waals surface area contributed by atoms with Gasteiger partial charge in [0, 0.05) is 29.8 Å². The van der Waals surface area contributed by atoms with Gasteiger partial charge in [-0.2, -0.15) is 10.2 Å². The molecule has 0 bridgehead atoms. The second-order valence-electron chi connectivity index (χ2n) is 8.87. The van der Waals surface area contributed by atoms with Crippen molar-refractivity contribution in [2.75, 3.05) is 11.9 Å². The molecule has 10 nitrogen and oxygen atoms in total. The minimum Gasteiger partial charge on any atom is -0.329 e. The fraction of sp³-hybridized carbons (Fsp3) is 0.240. The minimum atomic E-state index is -0.253. The maximum absolute atomic E-state index is 13.5. The molecule has 1 atom stereocenters. The summed E-state index contributed by atoms with van der Waals surface area (Å²) in [6.07, 6.45) is 7.93. The zero-order valence-corrected chi connectivity index (χ0v) is 19.2. The number of carbonyl (C=O) groups is 2. The number of aryl methyl sites for hydroxylation is 1. The van der Waals surface area contributed by atoms with Crippen molar-refractivity contribution in [1.82, 2.24) is 34.7 Å². The fourth-order valence-corrected chi connectivity index (χ4v) is 4.86. The van der Waals surface area contributed by atoms with Crippen LogP contribution in [0.5, 0.6) is 0 Å². The van der Waals surface area contributed by atoms with E-state index in [9.17, 15) is 9.59 Å². The van der Waals surface area contributed by atoms with Crippen molar-refractivity contribution in [2.45, 2.75) is 32.2 Å². The summed E-state index contributed by atoms with van der Waals surface area (Å²) in [5.74, 6) is 0.0942. The van der Waals surface area contributed by atoms with E-state index >= 15 is 0 Å². The molecule has 1 aliphatic heterocycles. The number of amides is 2. The van der Waals surface area contributed by atoms with E-state index in [-0.39, 0.29) is 17.9 Å². The maximum Gasteiger partial charge on any atom is 0.273 e. The number of piperidine rings is 1. The first kappa shape index (κ1) is 21.1. The van der Waals surface area contributed by atoms with Gasteiger partial charge in [-0.3, -0.25) is 24.2 Å². The van der Waals surface area contributed by atoms with E-state index in [1.54, 1.807) is 18.5 Å². The number of likely N-dealkylation sites (tertiary alicyclic amines) is 1. The van der Waals surface area contributed by atoms with Crippen LogP contribution in [0.15, 0.2) is 55.0 Å². The summed E-state index contributed by atoms with van der Waals surface area (Å²) in [4.78, 5) is 32.6. The number of H-pyrrole nitrogens is 2. The number of hydrogen-bond donors (Lipinski definition) is 3. The molecule has 1 saturated heterocycles. The third-order valence-electron chi connectivity index (χ3n) is 6.61. The molecule has 1 aliphatic rings. The average molecular weight is 469 g/mol. The van der Waals surface area contributed by atoms with Crippen LogP contribution < -0.4 is 5.32 Å². The van der Waals surface area contributed by atoms with Gasteiger partial charge in [0.15, 0.2) is 5.82 Å². The highest BCUT2D eigenvalue weighted by Gasteiger charge is 2.31. The van der Waals surface area contributed by atoms with Gasteiger partial charge in [0.05, 0.1) is 29.6 Å². The van der Waals surface area contributed by atoms with E-state index < -0.39 is 0 Å². The van der Waals surface area contributed by atoms with Gasteiger partial charge < -0.3 is 10.2 Å². The number of fused-ring (bicyclic) bond motifs is 2. The smallest absolute Gasteiger partial charge is 0.273 e. The van der Waals surface area contributed by atoms with Gasteiger partial charge >= 0.3 is 0 Å². The van der Waals surface area contributed by atoms with Crippen molar-refractivity contribution in [3.05, 3.63) is 77.5 Å². The normalized spacial score (nSPS) is 16.1. The molecule has 0 aliphatic carbocycles. The zero-order valence-electron chi connectivity index (χ0n) is 19.2. The van der Waals surface area contributed by atoms with Gasteiger partial charge in [0.1, 0.15) is 11.3 Å². The topological polar surface area (TPSA) is 124 Å². The van der Waals surface area contributed by atoms with Crippen LogP contribution in [0, 0.1) is 6.92 Å². The molecule has 4 aromatic heterocycles. The van der Waals surface area contributed by atoms with Crippen molar-refractivity contribution in [3.8, 4) is 0 Å². The molecule has 5 aromatic rings. The molecule has 6 rings (SSSR count). The Morgan fingerprint density at radius 1 is 1.11 bits per heavy atom. The Bertz CT molecular complexity index is 1560. The summed E-state index contributed by atoms with van der Waals surface area (Å²) in [7, 11) is 0. The number of imidazole rings is 1. The summed E-state index contributed by atoms with van der Waals surface area (Å²) in [5, 5.41) is 18.1. The second kappa shape index (κ2) is 8.39. The molecule has 35 heavy (non-hydrogen) atoms. The largest absolute Gasteiger partial charge is 0.329 e. The summed E-state index contributed by atoms with van der Waals surface area (Å²) in [5.41, 5.74) is 4.45. The molecule has 0 spiro atoms. The highest BCUT2D eigenvalue weighted by Crippen LogP contribution is 2.32. The van der Waals surface area contributed by atoms with Crippen LogP contribution in [0.1, 0.15) is 57.4 Å². The molecule has 1 unspecified atom stereocenters. The van der Waals surface area contributed by atoms with Crippen LogP contribution in [0.2, 0.25) is 0 Å². The average Bonchev–Trinajstić information content (AvgIpc) is 3.63. The van der Waals surface area contributed by atoms with E-state index in [1.807, 2.05) is 52.8 Å². The Balaban J connectivity index is 1.23. The molecule has 5 heterocycles. The van der Waals surface area contributed by atoms with E-state index in [2.05, 4.69) is 30.7 Å². The van der Waals surface area contributed by atoms with Gasteiger partial charge in [-0.25, -0.2) is 4.98 Å². The first-order valence-electron chi connectivity index (χ1n) is 11.6. The van der Waals surface area contributed by atoms with Crippen molar-refractivity contribution in [1.29, 1.82) is 0 Å². The van der Waals surface area contributed by atoms with Crippen LogP contribution in [0.3, 0.4) is 0 Å². The Kier molecular flexibility index (Phi) is 5.05. The summed E-state index contributed by atoms with van der Waals surface area (Å²) >= 11 is 0. The standard InChI is InChI=1S/C25H24N8O2/c1-15-10-16(11-17-13-27-31-23(15)17)24(34)28-21-12-18(29-30-21)19-6-2-4-9-33(19)25(35)20-14-26-22-7-3-5-8-32(20)22/h3,5,7-8,10-14,19H,2,4,6,9H2,1H3,(H,27,31)(H2,28,29,30,34). The number of aromatic nitrogens is 6. The number of pyridine rings is 1. The van der Waals surface area contributed by atoms with Gasteiger partial charge in [0.25, 0.3) is 11.8 Å². The quantitative estimate of drug-likeness (QED) is 0.369. The number of benzene rings is 1. The maximum atomic E-state index is 13.5. The van der Waals surface area contributed by atoms with Crippen LogP contribution in [-0.2, 0) is 0 Å². The highest BCUT2D eigenvalue weighted by atomic mass is 16.2. The lowest BCUT2D eigenvalue weighted by Crippen LogP contribution is -2.39. The first-order valence-corrected chi connectivity index (χ1v) is 11.6. The van der Waals surface area contributed by atoms with Gasteiger partial charge in [-0.1, -0.05) is 6.07 Å². The molecule has 0 radical (unpaired) electrons. The van der Waals surface area contributed by atoms with Crippen LogP contribution in [0.25, 0.3) is 16.6 Å². The Labute approximate surface area is 200 Å². The highest BCUT2D eigenvalue weighted by molar-refractivity contribution is 6.06. The Morgan fingerprint density at radius 3 is 2.94 bits per heavy atom. The number of nitrogens with one attached hydrogen (secondary N) is 3. The predicted octanol–water partition coefficient (Wildman–Crippen LogP) is 3.86. The van der Waals surface area contributed by atoms with E-state index in [0.717, 1.165) is 47.1 Å². The number of anilines is 1. The van der Waals surface area contributed by atoms with Crippen molar-refractivity contribution >= 4 is 34.2 Å². The van der Waals surface area contributed by atoms with Gasteiger partial charge in [-0.05, 0) is 56.0 Å². The van der Waals surface area contributed by atoms with Crippen molar-refractivity contribution in [2.24, 2.45) is 0 Å². The lowest BCUT2D eigenvalue weighted by atomic mass is 9.99. The van der Waals surface area contributed by atoms with Crippen LogP contribution >= 0.6 is 0 Å². The second-order valence-corrected chi connectivity index (χ2v) is 8.87. The number of carbonyl (C=O) groups excluding carboxylic acids is 2. The van der Waals surface area contributed by atoms with E-state index in [4.69, 9.17) is 0 Å². The summed E-state index contributed by atoms with van der Waals surface area (Å²) in [6, 6.07) is 10.9. The van der Waals surface area contributed by atoms with Crippen LogP contribution in [0.4, 0.5) is 5.82 Å². The monoisotopic (exact) mass is 468 g/mol. The van der Waals surface area contributed by atoms with Crippen molar-refractivity contribution < 1.29 is 9.59 Å². The molecule has 176 valence electrons. The van der Waals surface area contributed by atoms with Crippen molar-refractivity contribution in [3.63, 3.8) is 0 Å². The molecule has 1 fully saturated rings. The third kappa shape index (κ3) is 3.72. The predicted molar refractivity (Wildman–Crippen MR) is 130 cm³/mol.